The van der Waals surface area contributed by atoms with Gasteiger partial charge in [0.1, 0.15) is 0 Å². The topological polar surface area (TPSA) is 96.0 Å². The number of anilines is 3. The molecule has 0 unspecified atom stereocenters. The first-order valence-corrected chi connectivity index (χ1v) is 11.5. The monoisotopic (exact) mass is 467 g/mol. The molecule has 0 saturated carbocycles. The smallest absolute Gasteiger partial charge is 0.338 e. The van der Waals surface area contributed by atoms with Gasteiger partial charge < -0.3 is 15.0 Å². The van der Waals surface area contributed by atoms with Crippen LogP contribution >= 0.6 is 0 Å². The van der Waals surface area contributed by atoms with Crippen molar-refractivity contribution in [2.24, 2.45) is 0 Å². The van der Waals surface area contributed by atoms with E-state index in [9.17, 15) is 18.0 Å². The van der Waals surface area contributed by atoms with E-state index in [1.54, 1.807) is 42.5 Å². The quantitative estimate of drug-likeness (QED) is 0.511. The van der Waals surface area contributed by atoms with Crippen molar-refractivity contribution in [3.05, 3.63) is 84.4 Å². The molecule has 0 bridgehead atoms. The van der Waals surface area contributed by atoms with Crippen LogP contribution in [0.3, 0.4) is 0 Å². The van der Waals surface area contributed by atoms with Crippen molar-refractivity contribution in [2.45, 2.75) is 4.90 Å². The molecule has 8 nitrogen and oxygen atoms in total. The minimum absolute atomic E-state index is 0.0318. The van der Waals surface area contributed by atoms with Gasteiger partial charge in [-0.1, -0.05) is 18.2 Å². The fourth-order valence-corrected chi connectivity index (χ4v) is 4.15. The lowest BCUT2D eigenvalue weighted by Crippen LogP contribution is -2.26. The first kappa shape index (κ1) is 23.8. The van der Waals surface area contributed by atoms with Crippen LogP contribution in [-0.2, 0) is 19.6 Å². The Morgan fingerprint density at radius 2 is 1.42 bits per heavy atom. The van der Waals surface area contributed by atoms with Gasteiger partial charge in [-0.05, 0) is 60.7 Å². The molecule has 1 amide bonds. The Balaban J connectivity index is 1.58. The Bertz CT molecular complexity index is 1210. The maximum absolute atomic E-state index is 12.8. The normalized spacial score (nSPS) is 10.9. The number of nitrogens with one attached hydrogen (secondary N) is 1. The number of esters is 1. The largest absolute Gasteiger partial charge is 0.452 e. The Labute approximate surface area is 193 Å². The third-order valence-electron chi connectivity index (χ3n) is 4.87. The Morgan fingerprint density at radius 1 is 0.818 bits per heavy atom. The van der Waals surface area contributed by atoms with Crippen molar-refractivity contribution in [3.63, 3.8) is 0 Å². The van der Waals surface area contributed by atoms with E-state index >= 15 is 0 Å². The van der Waals surface area contributed by atoms with Crippen LogP contribution in [0, 0.1) is 0 Å². The average molecular weight is 468 g/mol. The minimum Gasteiger partial charge on any atom is -0.452 e. The highest BCUT2D eigenvalue weighted by Crippen LogP contribution is 2.22. The summed E-state index contributed by atoms with van der Waals surface area (Å²) in [6.45, 7) is -0.467. The van der Waals surface area contributed by atoms with Gasteiger partial charge in [-0.25, -0.2) is 13.2 Å². The van der Waals surface area contributed by atoms with Crippen LogP contribution in [0.4, 0.5) is 17.1 Å². The number of carbonyl (C=O) groups is 2. The van der Waals surface area contributed by atoms with Gasteiger partial charge in [0, 0.05) is 32.5 Å². The van der Waals surface area contributed by atoms with E-state index in [1.165, 1.54) is 31.3 Å². The van der Waals surface area contributed by atoms with Gasteiger partial charge in [0.05, 0.1) is 16.1 Å². The molecule has 0 aliphatic heterocycles. The van der Waals surface area contributed by atoms with Crippen molar-refractivity contribution in [1.29, 1.82) is 0 Å². The van der Waals surface area contributed by atoms with Gasteiger partial charge in [0.2, 0.25) is 0 Å². The van der Waals surface area contributed by atoms with E-state index in [4.69, 9.17) is 4.74 Å². The van der Waals surface area contributed by atoms with Crippen molar-refractivity contribution >= 4 is 39.0 Å². The number of amides is 1. The van der Waals surface area contributed by atoms with Gasteiger partial charge in [0.25, 0.3) is 15.9 Å². The zero-order chi connectivity index (χ0) is 24.0. The van der Waals surface area contributed by atoms with Gasteiger partial charge in [-0.15, -0.1) is 0 Å². The van der Waals surface area contributed by atoms with Crippen LogP contribution in [0.5, 0.6) is 0 Å². The van der Waals surface area contributed by atoms with Crippen LogP contribution in [0.2, 0.25) is 0 Å². The van der Waals surface area contributed by atoms with E-state index in [2.05, 4.69) is 5.32 Å². The van der Waals surface area contributed by atoms with E-state index in [0.717, 1.165) is 9.99 Å². The van der Waals surface area contributed by atoms with E-state index in [0.29, 0.717) is 11.4 Å². The highest BCUT2D eigenvalue weighted by atomic mass is 32.2. The van der Waals surface area contributed by atoms with Crippen molar-refractivity contribution < 1.29 is 22.7 Å². The zero-order valence-corrected chi connectivity index (χ0v) is 19.4. The average Bonchev–Trinajstić information content (AvgIpc) is 2.83. The number of hydrogen-bond acceptors (Lipinski definition) is 6. The number of sulfonamides is 1. The minimum atomic E-state index is -3.79. The molecule has 3 rings (SSSR count). The van der Waals surface area contributed by atoms with E-state index in [1.807, 2.05) is 31.1 Å². The number of hydrogen-bond donors (Lipinski definition) is 1. The van der Waals surface area contributed by atoms with Crippen molar-refractivity contribution in [1.82, 2.24) is 0 Å². The van der Waals surface area contributed by atoms with Crippen LogP contribution in [0.1, 0.15) is 10.4 Å². The first-order valence-electron chi connectivity index (χ1n) is 10.1. The van der Waals surface area contributed by atoms with Crippen LogP contribution in [0.15, 0.2) is 83.8 Å². The summed E-state index contributed by atoms with van der Waals surface area (Å²) in [6, 6.07) is 21.2. The molecule has 0 saturated heterocycles. The maximum Gasteiger partial charge on any atom is 0.338 e. The summed E-state index contributed by atoms with van der Waals surface area (Å²) in [4.78, 5) is 26.3. The summed E-state index contributed by atoms with van der Waals surface area (Å²) in [5.41, 5.74) is 2.22. The molecule has 3 aromatic carbocycles. The summed E-state index contributed by atoms with van der Waals surface area (Å²) in [6.07, 6.45) is 0. The number of rotatable bonds is 8. The fourth-order valence-electron chi connectivity index (χ4n) is 2.95. The third kappa shape index (κ3) is 5.89. The molecule has 0 heterocycles. The number of benzene rings is 3. The molecule has 33 heavy (non-hydrogen) atoms. The molecule has 172 valence electrons. The van der Waals surface area contributed by atoms with E-state index < -0.39 is 28.5 Å². The molecule has 1 N–H and O–H groups in total. The summed E-state index contributed by atoms with van der Waals surface area (Å²) < 4.78 is 31.8. The second-order valence-electron chi connectivity index (χ2n) is 7.40. The van der Waals surface area contributed by atoms with Crippen molar-refractivity contribution in [3.8, 4) is 0 Å². The third-order valence-corrected chi connectivity index (χ3v) is 6.67. The number of carbonyl (C=O) groups excluding carboxylic acids is 2. The Kier molecular flexibility index (Phi) is 7.34. The lowest BCUT2D eigenvalue weighted by atomic mass is 10.2. The summed E-state index contributed by atoms with van der Waals surface area (Å²) in [7, 11) is 1.50. The van der Waals surface area contributed by atoms with Crippen LogP contribution in [-0.4, -0.2) is 48.0 Å². The highest BCUT2D eigenvalue weighted by molar-refractivity contribution is 7.92. The van der Waals surface area contributed by atoms with Crippen LogP contribution < -0.4 is 14.5 Å². The molecular formula is C24H25N3O5S. The summed E-state index contributed by atoms with van der Waals surface area (Å²) >= 11 is 0. The number of ether oxygens (including phenoxy) is 1. The van der Waals surface area contributed by atoms with Gasteiger partial charge >= 0.3 is 5.97 Å². The van der Waals surface area contributed by atoms with Gasteiger partial charge in [-0.2, -0.15) is 0 Å². The molecule has 9 heteroatoms. The second kappa shape index (κ2) is 10.2. The zero-order valence-electron chi connectivity index (χ0n) is 18.6. The molecule has 3 aromatic rings. The molecule has 0 aliphatic rings. The molecule has 0 atom stereocenters. The molecule has 0 fully saturated rings. The molecule has 0 aromatic heterocycles. The lowest BCUT2D eigenvalue weighted by Gasteiger charge is -2.19. The molecule has 0 aliphatic carbocycles. The Morgan fingerprint density at radius 3 is 2.00 bits per heavy atom. The number of para-hydroxylation sites is 1. The first-order chi connectivity index (χ1) is 15.7. The number of nitrogens with zero attached hydrogens (tertiary/aromatic N) is 2. The summed E-state index contributed by atoms with van der Waals surface area (Å²) in [5.74, 6) is -1.21. The second-order valence-corrected chi connectivity index (χ2v) is 9.37. The predicted octanol–water partition coefficient (Wildman–Crippen LogP) is 3.37. The highest BCUT2D eigenvalue weighted by Gasteiger charge is 2.21. The van der Waals surface area contributed by atoms with Crippen LogP contribution in [0.25, 0.3) is 0 Å². The molecular weight excluding hydrogens is 442 g/mol. The summed E-state index contributed by atoms with van der Waals surface area (Å²) in [5, 5.41) is 2.65. The SMILES string of the molecule is CN(C)c1ccc(NC(=O)COC(=O)c2ccc(S(=O)(=O)N(C)c3ccccc3)cc2)cc1. The van der Waals surface area contributed by atoms with Gasteiger partial charge in [-0.3, -0.25) is 9.10 Å². The lowest BCUT2D eigenvalue weighted by molar-refractivity contribution is -0.119. The van der Waals surface area contributed by atoms with Gasteiger partial charge in [0.15, 0.2) is 6.61 Å². The predicted molar refractivity (Wildman–Crippen MR) is 128 cm³/mol. The fraction of sp³-hybridized carbons (Fsp3) is 0.167. The van der Waals surface area contributed by atoms with E-state index in [-0.39, 0.29) is 10.5 Å². The molecule has 0 radical (unpaired) electrons. The Hall–Kier alpha value is -3.85. The maximum atomic E-state index is 12.8. The molecule has 0 spiro atoms. The van der Waals surface area contributed by atoms with Crippen molar-refractivity contribution in [2.75, 3.05) is 42.3 Å². The standard InChI is InChI=1S/C24H25N3O5S/c1-26(2)20-13-11-19(12-14-20)25-23(28)17-32-24(29)18-9-15-22(16-10-18)33(30,31)27(3)21-7-5-4-6-8-21/h4-16H,17H2,1-3H3,(H,25,28).